The molecule has 0 atom stereocenters. The molecule has 0 amide bonds. The van der Waals surface area contributed by atoms with Crippen molar-refractivity contribution in [2.24, 2.45) is 7.05 Å². The number of thioether (sulfide) groups is 1. The second kappa shape index (κ2) is 5.72. The first kappa shape index (κ1) is 12.0. The van der Waals surface area contributed by atoms with Crippen LogP contribution in [0.5, 0.6) is 0 Å². The second-order valence-electron chi connectivity index (χ2n) is 2.88. The Balaban J connectivity index is 2.58. The normalized spacial score (nSPS) is 10.5. The Hall–Kier alpha value is -1.08. The van der Waals surface area contributed by atoms with E-state index in [1.807, 2.05) is 7.05 Å². The molecule has 1 rings (SSSR count). The van der Waals surface area contributed by atoms with Gasteiger partial charge in [-0.3, -0.25) is 4.79 Å². The lowest BCUT2D eigenvalue weighted by atomic mass is 10.4. The monoisotopic (exact) mass is 231 g/mol. The van der Waals surface area contributed by atoms with Gasteiger partial charge in [-0.25, -0.2) is 0 Å². The molecule has 84 valence electrons. The minimum Gasteiger partial charge on any atom is -0.481 e. The van der Waals surface area contributed by atoms with E-state index in [0.29, 0.717) is 18.2 Å². The van der Waals surface area contributed by atoms with Gasteiger partial charge in [-0.05, 0) is 0 Å². The van der Waals surface area contributed by atoms with Crippen LogP contribution < -0.4 is 0 Å². The van der Waals surface area contributed by atoms with E-state index < -0.39 is 5.97 Å². The number of hydrogen-bond donors (Lipinski definition) is 1. The molecule has 0 radical (unpaired) electrons. The molecule has 6 nitrogen and oxygen atoms in total. The molecule has 0 aromatic carbocycles. The summed E-state index contributed by atoms with van der Waals surface area (Å²) >= 11 is 1.16. The maximum absolute atomic E-state index is 10.4. The van der Waals surface area contributed by atoms with E-state index in [0.717, 1.165) is 17.6 Å². The first-order valence-electron chi connectivity index (χ1n) is 4.37. The molecular formula is C8H13N3O3S. The van der Waals surface area contributed by atoms with Gasteiger partial charge >= 0.3 is 5.97 Å². The number of aliphatic carboxylic acids is 1. The summed E-state index contributed by atoms with van der Waals surface area (Å²) in [5.74, 6) is -0.0674. The standard InChI is InChI=1S/C8H13N3O3S/c1-11-6(3-4-14-2)9-10-8(11)15-5-7(12)13/h3-5H2,1-2H3,(H,12,13). The third-order valence-electron chi connectivity index (χ3n) is 1.78. The van der Waals surface area contributed by atoms with Crippen molar-refractivity contribution in [2.75, 3.05) is 19.5 Å². The van der Waals surface area contributed by atoms with Crippen LogP contribution in [0, 0.1) is 0 Å². The molecule has 0 spiro atoms. The number of carboxylic acid groups (broad SMARTS) is 1. The van der Waals surface area contributed by atoms with Crippen LogP contribution in [0.15, 0.2) is 5.16 Å². The lowest BCUT2D eigenvalue weighted by molar-refractivity contribution is -0.133. The topological polar surface area (TPSA) is 77.2 Å². The van der Waals surface area contributed by atoms with Crippen molar-refractivity contribution in [1.82, 2.24) is 14.8 Å². The summed E-state index contributed by atoms with van der Waals surface area (Å²) in [5.41, 5.74) is 0. The van der Waals surface area contributed by atoms with E-state index in [1.54, 1.807) is 11.7 Å². The number of hydrogen-bond acceptors (Lipinski definition) is 5. The Morgan fingerprint density at radius 2 is 2.33 bits per heavy atom. The molecule has 0 aliphatic carbocycles. The third kappa shape index (κ3) is 3.52. The first-order valence-corrected chi connectivity index (χ1v) is 5.35. The zero-order valence-corrected chi connectivity index (χ0v) is 9.45. The predicted octanol–water partition coefficient (Wildman–Crippen LogP) is 0.181. The largest absolute Gasteiger partial charge is 0.481 e. The molecule has 0 unspecified atom stereocenters. The second-order valence-corrected chi connectivity index (χ2v) is 3.83. The average Bonchev–Trinajstić information content (AvgIpc) is 2.54. The van der Waals surface area contributed by atoms with Crippen LogP contribution in [0.1, 0.15) is 5.82 Å². The van der Waals surface area contributed by atoms with Crippen molar-refractivity contribution in [1.29, 1.82) is 0 Å². The quantitative estimate of drug-likeness (QED) is 0.704. The zero-order valence-electron chi connectivity index (χ0n) is 8.63. The van der Waals surface area contributed by atoms with Crippen LogP contribution in [-0.4, -0.2) is 45.3 Å². The number of rotatable bonds is 6. The number of ether oxygens (including phenoxy) is 1. The summed E-state index contributed by atoms with van der Waals surface area (Å²) in [4.78, 5) is 10.4. The van der Waals surface area contributed by atoms with Gasteiger partial charge in [-0.1, -0.05) is 11.8 Å². The van der Waals surface area contributed by atoms with Gasteiger partial charge < -0.3 is 14.4 Å². The fourth-order valence-corrected chi connectivity index (χ4v) is 1.66. The molecule has 15 heavy (non-hydrogen) atoms. The Labute approximate surface area is 91.6 Å². The summed E-state index contributed by atoms with van der Waals surface area (Å²) in [6.45, 7) is 0.579. The van der Waals surface area contributed by atoms with E-state index >= 15 is 0 Å². The van der Waals surface area contributed by atoms with Gasteiger partial charge in [-0.15, -0.1) is 10.2 Å². The van der Waals surface area contributed by atoms with Gasteiger partial charge in [0.2, 0.25) is 0 Å². The molecule has 0 bridgehead atoms. The average molecular weight is 231 g/mol. The molecule has 1 heterocycles. The SMILES string of the molecule is COCCc1nnc(SCC(=O)O)n1C. The molecule has 1 aromatic rings. The summed E-state index contributed by atoms with van der Waals surface area (Å²) in [6.07, 6.45) is 0.674. The van der Waals surface area contributed by atoms with Crippen molar-refractivity contribution in [3.05, 3.63) is 5.82 Å². The van der Waals surface area contributed by atoms with Crippen LogP contribution in [0.3, 0.4) is 0 Å². The van der Waals surface area contributed by atoms with Gasteiger partial charge in [0.15, 0.2) is 5.16 Å². The highest BCUT2D eigenvalue weighted by molar-refractivity contribution is 7.99. The fourth-order valence-electron chi connectivity index (χ4n) is 1.01. The number of methoxy groups -OCH3 is 1. The summed E-state index contributed by atoms with van der Waals surface area (Å²) in [6, 6.07) is 0. The third-order valence-corrected chi connectivity index (χ3v) is 2.78. The minimum absolute atomic E-state index is 0.00372. The predicted molar refractivity (Wildman–Crippen MR) is 54.9 cm³/mol. The zero-order chi connectivity index (χ0) is 11.3. The Bertz CT molecular complexity index is 340. The van der Waals surface area contributed by atoms with Crippen LogP contribution in [0.2, 0.25) is 0 Å². The van der Waals surface area contributed by atoms with Crippen molar-refractivity contribution in [3.8, 4) is 0 Å². The van der Waals surface area contributed by atoms with Crippen molar-refractivity contribution < 1.29 is 14.6 Å². The lowest BCUT2D eigenvalue weighted by Crippen LogP contribution is -2.04. The maximum atomic E-state index is 10.4. The fraction of sp³-hybridized carbons (Fsp3) is 0.625. The van der Waals surface area contributed by atoms with E-state index in [2.05, 4.69) is 10.2 Å². The van der Waals surface area contributed by atoms with Crippen molar-refractivity contribution >= 4 is 17.7 Å². The molecule has 0 saturated heterocycles. The van der Waals surface area contributed by atoms with Gasteiger partial charge in [0.05, 0.1) is 12.4 Å². The van der Waals surface area contributed by atoms with Crippen molar-refractivity contribution in [3.63, 3.8) is 0 Å². The van der Waals surface area contributed by atoms with Gasteiger partial charge in [0, 0.05) is 20.6 Å². The van der Waals surface area contributed by atoms with Crippen molar-refractivity contribution in [2.45, 2.75) is 11.6 Å². The molecule has 0 aliphatic heterocycles. The molecular weight excluding hydrogens is 218 g/mol. The summed E-state index contributed by atoms with van der Waals surface area (Å²) in [7, 11) is 3.44. The highest BCUT2D eigenvalue weighted by atomic mass is 32.2. The van der Waals surface area contributed by atoms with Crippen LogP contribution in [0.25, 0.3) is 0 Å². The number of carbonyl (C=O) groups is 1. The maximum Gasteiger partial charge on any atom is 0.313 e. The highest BCUT2D eigenvalue weighted by Gasteiger charge is 2.10. The van der Waals surface area contributed by atoms with Gasteiger partial charge in [0.25, 0.3) is 0 Å². The molecule has 0 fully saturated rings. The number of aromatic nitrogens is 3. The number of carboxylic acids is 1. The van der Waals surface area contributed by atoms with Crippen LogP contribution in [-0.2, 0) is 23.0 Å². The van der Waals surface area contributed by atoms with Crippen LogP contribution in [0.4, 0.5) is 0 Å². The smallest absolute Gasteiger partial charge is 0.313 e. The first-order chi connectivity index (χ1) is 7.15. The molecule has 1 aromatic heterocycles. The lowest BCUT2D eigenvalue weighted by Gasteiger charge is -2.01. The van der Waals surface area contributed by atoms with E-state index in [1.165, 1.54) is 0 Å². The van der Waals surface area contributed by atoms with Gasteiger partial charge in [0.1, 0.15) is 5.82 Å². The molecule has 0 aliphatic rings. The van der Waals surface area contributed by atoms with E-state index in [9.17, 15) is 4.79 Å². The Morgan fingerprint density at radius 3 is 2.93 bits per heavy atom. The van der Waals surface area contributed by atoms with E-state index in [-0.39, 0.29) is 5.75 Å². The molecule has 7 heteroatoms. The van der Waals surface area contributed by atoms with Crippen LogP contribution >= 0.6 is 11.8 Å². The Morgan fingerprint density at radius 1 is 1.60 bits per heavy atom. The number of nitrogens with zero attached hydrogens (tertiary/aromatic N) is 3. The highest BCUT2D eigenvalue weighted by Crippen LogP contribution is 2.15. The van der Waals surface area contributed by atoms with E-state index in [4.69, 9.17) is 9.84 Å². The summed E-state index contributed by atoms with van der Waals surface area (Å²) in [5, 5.41) is 17.0. The minimum atomic E-state index is -0.860. The summed E-state index contributed by atoms with van der Waals surface area (Å²) < 4.78 is 6.71. The molecule has 0 saturated carbocycles. The van der Waals surface area contributed by atoms with Gasteiger partial charge in [-0.2, -0.15) is 0 Å². The molecule has 1 N–H and O–H groups in total. The Kier molecular flexibility index (Phi) is 4.57.